The summed E-state index contributed by atoms with van der Waals surface area (Å²) >= 11 is 0. The highest BCUT2D eigenvalue weighted by atomic mass is 32.2. The number of anilines is 1. The van der Waals surface area contributed by atoms with Gasteiger partial charge in [-0.05, 0) is 38.0 Å². The number of rotatable bonds is 4. The first kappa shape index (κ1) is 14.7. The van der Waals surface area contributed by atoms with Crippen LogP contribution in [0.5, 0.6) is 0 Å². The Balaban J connectivity index is 2.00. The second-order valence-electron chi connectivity index (χ2n) is 5.06. The number of nitrogens with zero attached hydrogens (tertiary/aromatic N) is 1. The van der Waals surface area contributed by atoms with Crippen LogP contribution in [-0.4, -0.2) is 20.6 Å². The zero-order chi connectivity index (χ0) is 14.5. The van der Waals surface area contributed by atoms with Gasteiger partial charge in [0.15, 0.2) is 0 Å². The average molecular weight is 290 g/mol. The van der Waals surface area contributed by atoms with Gasteiger partial charge in [-0.2, -0.15) is 5.26 Å². The summed E-state index contributed by atoms with van der Waals surface area (Å²) in [4.78, 5) is 12.1. The van der Waals surface area contributed by atoms with Gasteiger partial charge in [-0.3, -0.25) is 9.00 Å². The highest BCUT2D eigenvalue weighted by Gasteiger charge is 2.29. The van der Waals surface area contributed by atoms with Crippen LogP contribution in [0.15, 0.2) is 24.3 Å². The molecule has 2 unspecified atom stereocenters. The van der Waals surface area contributed by atoms with E-state index in [1.165, 1.54) is 0 Å². The topological polar surface area (TPSA) is 70.0 Å². The molecule has 106 valence electrons. The predicted octanol–water partition coefficient (Wildman–Crippen LogP) is 2.58. The van der Waals surface area contributed by atoms with Gasteiger partial charge in [0.05, 0.1) is 11.6 Å². The summed E-state index contributed by atoms with van der Waals surface area (Å²) in [5, 5.41) is 11.2. The van der Waals surface area contributed by atoms with Crippen molar-refractivity contribution in [2.24, 2.45) is 0 Å². The summed E-state index contributed by atoms with van der Waals surface area (Å²) in [6, 6.07) is 8.76. The minimum atomic E-state index is -1.13. The normalized spacial score (nSPS) is 18.2. The number of amides is 1. The Morgan fingerprint density at radius 3 is 2.80 bits per heavy atom. The Morgan fingerprint density at radius 2 is 2.15 bits per heavy atom. The van der Waals surface area contributed by atoms with Crippen LogP contribution < -0.4 is 5.32 Å². The number of hydrogen-bond acceptors (Lipinski definition) is 3. The van der Waals surface area contributed by atoms with Crippen molar-refractivity contribution in [3.8, 4) is 6.07 Å². The van der Waals surface area contributed by atoms with Gasteiger partial charge in [-0.25, -0.2) is 0 Å². The molecular formula is C15H18N2O2S. The van der Waals surface area contributed by atoms with E-state index >= 15 is 0 Å². The first-order valence-corrected chi connectivity index (χ1v) is 8.10. The third-order valence-corrected chi connectivity index (χ3v) is 5.65. The van der Waals surface area contributed by atoms with Crippen LogP contribution in [0.2, 0.25) is 0 Å². The zero-order valence-corrected chi connectivity index (χ0v) is 12.3. The molecule has 1 amide bonds. The predicted molar refractivity (Wildman–Crippen MR) is 79.6 cm³/mol. The van der Waals surface area contributed by atoms with Crippen molar-refractivity contribution in [3.05, 3.63) is 29.8 Å². The maximum Gasteiger partial charge on any atom is 0.239 e. The molecule has 5 heteroatoms. The fourth-order valence-corrected chi connectivity index (χ4v) is 4.07. The molecule has 1 saturated carbocycles. The first-order valence-electron chi connectivity index (χ1n) is 6.82. The van der Waals surface area contributed by atoms with E-state index in [0.29, 0.717) is 11.3 Å². The molecule has 0 radical (unpaired) electrons. The van der Waals surface area contributed by atoms with E-state index in [2.05, 4.69) is 5.32 Å². The molecule has 4 nitrogen and oxygen atoms in total. The summed E-state index contributed by atoms with van der Waals surface area (Å²) in [5.74, 6) is -0.245. The number of carbonyl (C=O) groups is 1. The van der Waals surface area contributed by atoms with Gasteiger partial charge in [0.25, 0.3) is 0 Å². The van der Waals surface area contributed by atoms with Crippen LogP contribution in [0.1, 0.15) is 38.2 Å². The van der Waals surface area contributed by atoms with Crippen LogP contribution in [-0.2, 0) is 15.6 Å². The number of carbonyl (C=O) groups excluding carboxylic acids is 1. The second kappa shape index (κ2) is 6.67. The van der Waals surface area contributed by atoms with E-state index < -0.39 is 16.0 Å². The number of benzene rings is 1. The lowest BCUT2D eigenvalue weighted by Gasteiger charge is -2.16. The quantitative estimate of drug-likeness (QED) is 0.926. The molecule has 1 N–H and O–H groups in total. The maximum atomic E-state index is 12.3. The van der Waals surface area contributed by atoms with Gasteiger partial charge >= 0.3 is 0 Å². The number of hydrogen-bond donors (Lipinski definition) is 1. The molecule has 0 spiro atoms. The molecule has 0 bridgehead atoms. The van der Waals surface area contributed by atoms with Crippen molar-refractivity contribution in [1.82, 2.24) is 0 Å². The number of nitrogens with one attached hydrogen (secondary N) is 1. The summed E-state index contributed by atoms with van der Waals surface area (Å²) in [5.41, 5.74) is 1.07. The lowest BCUT2D eigenvalue weighted by molar-refractivity contribution is -0.115. The molecule has 1 aliphatic rings. The first-order chi connectivity index (χ1) is 9.61. The van der Waals surface area contributed by atoms with E-state index in [4.69, 9.17) is 5.26 Å². The molecular weight excluding hydrogens is 272 g/mol. The standard InChI is InChI=1S/C15H18N2O2S/c1-11(20(19)14-7-2-3-8-14)15(18)17-13-6-4-5-12(9-13)10-16/h4-6,9,11,14H,2-3,7-8H2,1H3,(H,17,18). The Labute approximate surface area is 121 Å². The Bertz CT molecular complexity index is 559. The van der Waals surface area contributed by atoms with Crippen LogP contribution in [0.25, 0.3) is 0 Å². The van der Waals surface area contributed by atoms with Crippen molar-refractivity contribution in [1.29, 1.82) is 5.26 Å². The third-order valence-electron chi connectivity index (χ3n) is 3.61. The van der Waals surface area contributed by atoms with Crippen molar-refractivity contribution in [2.75, 3.05) is 5.32 Å². The maximum absolute atomic E-state index is 12.3. The van der Waals surface area contributed by atoms with E-state index in [-0.39, 0.29) is 11.2 Å². The summed E-state index contributed by atoms with van der Waals surface area (Å²) in [6.45, 7) is 1.71. The molecule has 1 aliphatic carbocycles. The smallest absolute Gasteiger partial charge is 0.239 e. The fourth-order valence-electron chi connectivity index (χ4n) is 2.43. The monoisotopic (exact) mass is 290 g/mol. The molecule has 2 rings (SSSR count). The molecule has 0 saturated heterocycles. The zero-order valence-electron chi connectivity index (χ0n) is 11.5. The molecule has 1 aromatic carbocycles. The summed E-state index contributed by atoms with van der Waals surface area (Å²) in [7, 11) is -1.13. The van der Waals surface area contributed by atoms with Gasteiger partial charge < -0.3 is 5.32 Å². The van der Waals surface area contributed by atoms with Crippen molar-refractivity contribution < 1.29 is 9.00 Å². The van der Waals surface area contributed by atoms with E-state index in [0.717, 1.165) is 25.7 Å². The lowest BCUT2D eigenvalue weighted by Crippen LogP contribution is -2.33. The van der Waals surface area contributed by atoms with Gasteiger partial charge in [-0.15, -0.1) is 0 Å². The van der Waals surface area contributed by atoms with Crippen molar-refractivity contribution in [3.63, 3.8) is 0 Å². The SMILES string of the molecule is CC(C(=O)Nc1cccc(C#N)c1)S(=O)C1CCCC1. The molecule has 0 aromatic heterocycles. The van der Waals surface area contributed by atoms with Crippen LogP contribution in [0, 0.1) is 11.3 Å². The average Bonchev–Trinajstić information content (AvgIpc) is 3.00. The number of nitriles is 1. The van der Waals surface area contributed by atoms with Gasteiger partial charge in [-0.1, -0.05) is 18.9 Å². The minimum Gasteiger partial charge on any atom is -0.325 e. The van der Waals surface area contributed by atoms with Crippen molar-refractivity contribution in [2.45, 2.75) is 43.1 Å². The highest BCUT2D eigenvalue weighted by Crippen LogP contribution is 2.25. The van der Waals surface area contributed by atoms with E-state index in [1.54, 1.807) is 31.2 Å². The highest BCUT2D eigenvalue weighted by molar-refractivity contribution is 7.87. The summed E-state index contributed by atoms with van der Waals surface area (Å²) < 4.78 is 12.3. The Kier molecular flexibility index (Phi) is 4.91. The van der Waals surface area contributed by atoms with Gasteiger partial charge in [0.2, 0.25) is 5.91 Å². The third kappa shape index (κ3) is 3.45. The molecule has 20 heavy (non-hydrogen) atoms. The van der Waals surface area contributed by atoms with Crippen LogP contribution in [0.4, 0.5) is 5.69 Å². The molecule has 0 aliphatic heterocycles. The van der Waals surface area contributed by atoms with Crippen LogP contribution >= 0.6 is 0 Å². The van der Waals surface area contributed by atoms with Crippen molar-refractivity contribution >= 4 is 22.4 Å². The summed E-state index contributed by atoms with van der Waals surface area (Å²) in [6.07, 6.45) is 4.12. The van der Waals surface area contributed by atoms with Gasteiger partial charge in [0.1, 0.15) is 5.25 Å². The Morgan fingerprint density at radius 1 is 1.45 bits per heavy atom. The molecule has 2 atom stereocenters. The Hall–Kier alpha value is -1.67. The van der Waals surface area contributed by atoms with E-state index in [1.807, 2.05) is 6.07 Å². The molecule has 1 fully saturated rings. The van der Waals surface area contributed by atoms with Crippen LogP contribution in [0.3, 0.4) is 0 Å². The molecule has 0 heterocycles. The van der Waals surface area contributed by atoms with E-state index in [9.17, 15) is 9.00 Å². The minimum absolute atomic E-state index is 0.154. The van der Waals surface area contributed by atoms with Gasteiger partial charge in [0, 0.05) is 21.7 Å². The molecule has 1 aromatic rings. The second-order valence-corrected chi connectivity index (χ2v) is 7.09. The fraction of sp³-hybridized carbons (Fsp3) is 0.467. The lowest BCUT2D eigenvalue weighted by atomic mass is 10.2. The largest absolute Gasteiger partial charge is 0.325 e.